The molecule has 0 aliphatic rings. The van der Waals surface area contributed by atoms with Gasteiger partial charge in [0.2, 0.25) is 5.91 Å². The summed E-state index contributed by atoms with van der Waals surface area (Å²) in [6.07, 6.45) is 0.779. The smallest absolute Gasteiger partial charge is 0.338 e. The monoisotopic (exact) mass is 452 g/mol. The molecule has 166 valence electrons. The van der Waals surface area contributed by atoms with Crippen molar-refractivity contribution in [3.63, 3.8) is 0 Å². The molecule has 1 amide bonds. The van der Waals surface area contributed by atoms with Crippen LogP contribution < -0.4 is 5.32 Å². The quantitative estimate of drug-likeness (QED) is 0.487. The number of amides is 1. The lowest BCUT2D eigenvalue weighted by atomic mass is 10.1. The Morgan fingerprint density at radius 3 is 2.16 bits per heavy atom. The molecule has 0 radical (unpaired) electrons. The zero-order valence-corrected chi connectivity index (χ0v) is 18.7. The molecule has 0 unspecified atom stereocenters. The summed E-state index contributed by atoms with van der Waals surface area (Å²) in [7, 11) is 0. The molecule has 0 fully saturated rings. The molecule has 0 bridgehead atoms. The van der Waals surface area contributed by atoms with Crippen molar-refractivity contribution >= 4 is 34.9 Å². The summed E-state index contributed by atoms with van der Waals surface area (Å²) in [5, 5.41) is 5.52. The molecule has 1 heterocycles. The molecule has 3 rings (SSSR count). The SMILES string of the molecule is CCOC(=O)c1cc(NC(=O)Cc2csc(Cc3ccccc3)n2)cc(C(=O)OCC)c1. The van der Waals surface area contributed by atoms with Crippen molar-refractivity contribution in [1.29, 1.82) is 0 Å². The fourth-order valence-electron chi connectivity index (χ4n) is 3.02. The first-order valence-electron chi connectivity index (χ1n) is 10.2. The van der Waals surface area contributed by atoms with E-state index in [9.17, 15) is 14.4 Å². The number of thiazole rings is 1. The van der Waals surface area contributed by atoms with Gasteiger partial charge in [0.1, 0.15) is 0 Å². The van der Waals surface area contributed by atoms with Gasteiger partial charge in [-0.05, 0) is 37.6 Å². The predicted octanol–water partition coefficient (Wildman–Crippen LogP) is 4.27. The Hall–Kier alpha value is -3.52. The molecule has 0 aliphatic heterocycles. The first-order valence-corrected chi connectivity index (χ1v) is 11.1. The van der Waals surface area contributed by atoms with E-state index in [4.69, 9.17) is 9.47 Å². The molecule has 0 aliphatic carbocycles. The maximum absolute atomic E-state index is 12.6. The summed E-state index contributed by atoms with van der Waals surface area (Å²) in [4.78, 5) is 41.4. The molecule has 0 atom stereocenters. The van der Waals surface area contributed by atoms with Gasteiger partial charge < -0.3 is 14.8 Å². The number of esters is 2. The van der Waals surface area contributed by atoms with Crippen LogP contribution in [0, 0.1) is 0 Å². The Morgan fingerprint density at radius 1 is 0.938 bits per heavy atom. The second-order valence-corrected chi connectivity index (χ2v) is 7.80. The zero-order valence-electron chi connectivity index (χ0n) is 17.9. The average Bonchev–Trinajstić information content (AvgIpc) is 3.21. The van der Waals surface area contributed by atoms with Crippen LogP contribution in [0.1, 0.15) is 50.8 Å². The number of nitrogens with one attached hydrogen (secondary N) is 1. The van der Waals surface area contributed by atoms with Crippen LogP contribution in [0.15, 0.2) is 53.9 Å². The highest BCUT2D eigenvalue weighted by molar-refractivity contribution is 7.09. The van der Waals surface area contributed by atoms with Gasteiger partial charge >= 0.3 is 11.9 Å². The highest BCUT2D eigenvalue weighted by Crippen LogP contribution is 2.19. The van der Waals surface area contributed by atoms with E-state index in [1.54, 1.807) is 13.8 Å². The number of carbonyl (C=O) groups excluding carboxylic acids is 3. The molecule has 0 saturated carbocycles. The van der Waals surface area contributed by atoms with Crippen molar-refractivity contribution in [2.24, 2.45) is 0 Å². The van der Waals surface area contributed by atoms with Gasteiger partial charge in [-0.25, -0.2) is 14.6 Å². The van der Waals surface area contributed by atoms with Crippen LogP contribution in [0.5, 0.6) is 0 Å². The lowest BCUT2D eigenvalue weighted by Crippen LogP contribution is -2.16. The molecular weight excluding hydrogens is 428 g/mol. The topological polar surface area (TPSA) is 94.6 Å². The van der Waals surface area contributed by atoms with Gasteiger partial charge in [-0.2, -0.15) is 0 Å². The summed E-state index contributed by atoms with van der Waals surface area (Å²) >= 11 is 1.50. The van der Waals surface area contributed by atoms with E-state index in [1.807, 2.05) is 35.7 Å². The fraction of sp³-hybridized carbons (Fsp3) is 0.250. The van der Waals surface area contributed by atoms with Crippen molar-refractivity contribution in [2.45, 2.75) is 26.7 Å². The number of anilines is 1. The molecule has 8 heteroatoms. The standard InChI is InChI=1S/C24H24N2O5S/c1-3-30-23(28)17-11-18(24(29)31-4-2)13-19(12-17)25-21(27)14-20-15-32-22(26-20)10-16-8-6-5-7-9-16/h5-9,11-13,15H,3-4,10,14H2,1-2H3,(H,25,27). The van der Waals surface area contributed by atoms with E-state index >= 15 is 0 Å². The highest BCUT2D eigenvalue weighted by atomic mass is 32.1. The Bertz CT molecular complexity index is 1060. The van der Waals surface area contributed by atoms with Crippen LogP contribution in [0.25, 0.3) is 0 Å². The molecule has 7 nitrogen and oxygen atoms in total. The lowest BCUT2D eigenvalue weighted by Gasteiger charge is -2.10. The number of rotatable bonds is 9. The number of hydrogen-bond donors (Lipinski definition) is 1. The maximum atomic E-state index is 12.6. The van der Waals surface area contributed by atoms with Crippen molar-refractivity contribution in [3.05, 3.63) is 81.3 Å². The van der Waals surface area contributed by atoms with Crippen LogP contribution in [-0.4, -0.2) is 36.0 Å². The van der Waals surface area contributed by atoms with Crippen LogP contribution in [0.2, 0.25) is 0 Å². The van der Waals surface area contributed by atoms with E-state index < -0.39 is 11.9 Å². The molecule has 32 heavy (non-hydrogen) atoms. The second-order valence-electron chi connectivity index (χ2n) is 6.86. The second kappa shape index (κ2) is 11.2. The number of ether oxygens (including phenoxy) is 2. The number of aromatic nitrogens is 1. The van der Waals surface area contributed by atoms with Gasteiger partial charge in [-0.3, -0.25) is 4.79 Å². The van der Waals surface area contributed by atoms with Crippen LogP contribution in [-0.2, 0) is 27.1 Å². The fourth-order valence-corrected chi connectivity index (χ4v) is 3.84. The van der Waals surface area contributed by atoms with Crippen molar-refractivity contribution < 1.29 is 23.9 Å². The minimum Gasteiger partial charge on any atom is -0.462 e. The number of benzene rings is 2. The third kappa shape index (κ3) is 6.49. The minimum absolute atomic E-state index is 0.0731. The Balaban J connectivity index is 1.71. The van der Waals surface area contributed by atoms with Gasteiger partial charge in [0.05, 0.1) is 41.5 Å². The van der Waals surface area contributed by atoms with E-state index in [-0.39, 0.29) is 36.7 Å². The molecule has 1 N–H and O–H groups in total. The van der Waals surface area contributed by atoms with Gasteiger partial charge in [0.15, 0.2) is 0 Å². The first kappa shape index (κ1) is 23.1. The largest absolute Gasteiger partial charge is 0.462 e. The average molecular weight is 453 g/mol. The van der Waals surface area contributed by atoms with E-state index in [0.29, 0.717) is 17.8 Å². The molecule has 2 aromatic carbocycles. The normalized spacial score (nSPS) is 10.4. The third-order valence-electron chi connectivity index (χ3n) is 4.38. The van der Waals surface area contributed by atoms with Gasteiger partial charge in [-0.15, -0.1) is 11.3 Å². The van der Waals surface area contributed by atoms with Crippen LogP contribution in [0.4, 0.5) is 5.69 Å². The Labute approximate surface area is 190 Å². The summed E-state index contributed by atoms with van der Waals surface area (Å²) in [5.74, 6) is -1.48. The third-order valence-corrected chi connectivity index (χ3v) is 5.28. The van der Waals surface area contributed by atoms with Gasteiger partial charge in [-0.1, -0.05) is 30.3 Å². The van der Waals surface area contributed by atoms with E-state index in [0.717, 1.165) is 10.6 Å². The minimum atomic E-state index is -0.584. The summed E-state index contributed by atoms with van der Waals surface area (Å²) in [6.45, 7) is 3.77. The number of hydrogen-bond acceptors (Lipinski definition) is 7. The first-order chi connectivity index (χ1) is 15.5. The van der Waals surface area contributed by atoms with Crippen molar-refractivity contribution in [2.75, 3.05) is 18.5 Å². The van der Waals surface area contributed by atoms with Crippen molar-refractivity contribution in [1.82, 2.24) is 4.98 Å². The Kier molecular flexibility index (Phi) is 8.10. The van der Waals surface area contributed by atoms with Crippen LogP contribution >= 0.6 is 11.3 Å². The molecule has 0 saturated heterocycles. The summed E-state index contributed by atoms with van der Waals surface area (Å²) in [6, 6.07) is 14.3. The zero-order chi connectivity index (χ0) is 22.9. The van der Waals surface area contributed by atoms with Gasteiger partial charge in [0.25, 0.3) is 0 Å². The number of carbonyl (C=O) groups is 3. The summed E-state index contributed by atoms with van der Waals surface area (Å²) in [5.41, 5.74) is 2.44. The van der Waals surface area contributed by atoms with Gasteiger partial charge in [0, 0.05) is 17.5 Å². The molecule has 0 spiro atoms. The highest BCUT2D eigenvalue weighted by Gasteiger charge is 2.16. The lowest BCUT2D eigenvalue weighted by molar-refractivity contribution is -0.115. The van der Waals surface area contributed by atoms with Crippen LogP contribution in [0.3, 0.4) is 0 Å². The van der Waals surface area contributed by atoms with E-state index in [1.165, 1.54) is 29.5 Å². The molecule has 3 aromatic rings. The van der Waals surface area contributed by atoms with E-state index in [2.05, 4.69) is 10.3 Å². The summed E-state index contributed by atoms with van der Waals surface area (Å²) < 4.78 is 10.0. The predicted molar refractivity (Wildman–Crippen MR) is 122 cm³/mol. The molecule has 1 aromatic heterocycles. The Morgan fingerprint density at radius 2 is 1.56 bits per heavy atom. The molecular formula is C24H24N2O5S. The number of nitrogens with zero attached hydrogens (tertiary/aromatic N) is 1. The maximum Gasteiger partial charge on any atom is 0.338 e. The van der Waals surface area contributed by atoms with Crippen molar-refractivity contribution in [3.8, 4) is 0 Å².